The fourth-order valence-electron chi connectivity index (χ4n) is 0. The van der Waals surface area contributed by atoms with E-state index in [-0.39, 0.29) is 15.2 Å². The summed E-state index contributed by atoms with van der Waals surface area (Å²) in [6, 6.07) is 0. The largest absolute Gasteiger partial charge is 0.716 e. The zero-order chi connectivity index (χ0) is 4.28. The average molecular weight is 128 g/mol. The lowest BCUT2D eigenvalue weighted by Crippen LogP contribution is -2.66. The van der Waals surface area contributed by atoms with Crippen molar-refractivity contribution >= 4 is 26.8 Å². The molecule has 0 bridgehead atoms. The molecule has 5 heteroatoms. The minimum Gasteiger partial charge on any atom is -0.716 e. The molecule has 0 amide bonds. The van der Waals surface area contributed by atoms with Gasteiger partial charge in [0.15, 0.2) is 0 Å². The van der Waals surface area contributed by atoms with Crippen LogP contribution in [0, 0.1) is 5.21 Å². The van der Waals surface area contributed by atoms with Crippen molar-refractivity contribution in [1.82, 2.24) is 0 Å². The number of halogens is 1. The molecule has 0 rings (SSSR count). The fourth-order valence-corrected chi connectivity index (χ4v) is 0. The molecule has 0 aromatic heterocycles. The highest BCUT2D eigenvalue weighted by Gasteiger charge is 1.73. The van der Waals surface area contributed by atoms with Gasteiger partial charge in [-0.1, -0.05) is 0 Å². The molecule has 0 heterocycles. The minimum absolute atomic E-state index is 0. The summed E-state index contributed by atoms with van der Waals surface area (Å²) in [7, 11) is 0. The van der Waals surface area contributed by atoms with Gasteiger partial charge >= 0.3 is 5.29 Å². The highest BCUT2D eigenvalue weighted by Crippen LogP contribution is 1.51. The van der Waals surface area contributed by atoms with Crippen molar-refractivity contribution in [3.05, 3.63) is 5.21 Å². The summed E-state index contributed by atoms with van der Waals surface area (Å²) in [5.41, 5.74) is 4.55. The van der Waals surface area contributed by atoms with Crippen LogP contribution in [0.5, 0.6) is 0 Å². The normalized spacial score (nSPS) is 9.83. The van der Waals surface area contributed by atoms with Crippen LogP contribution in [0.2, 0.25) is 0 Å². The Balaban J connectivity index is 0. The molecule has 0 aliphatic heterocycles. The molecule has 6 heavy (non-hydrogen) atoms. The maximum atomic E-state index is 9.09. The van der Waals surface area contributed by atoms with Crippen molar-refractivity contribution in [3.63, 3.8) is 0 Å². The summed E-state index contributed by atoms with van der Waals surface area (Å²) >= 11 is 4.73. The van der Waals surface area contributed by atoms with Gasteiger partial charge in [0.05, 0.1) is 0 Å². The molecular formula is CH6ClN2OP. The van der Waals surface area contributed by atoms with E-state index in [1.807, 2.05) is 0 Å². The molecule has 0 fully saturated rings. The number of nitrogens with one attached hydrogen (secondary N) is 1. The number of hydrogen-bond donors (Lipinski definition) is 2. The Bertz CT molecular complexity index is 51.5. The Hall–Kier alpha value is -0.0100. The van der Waals surface area contributed by atoms with Crippen LogP contribution in [0.1, 0.15) is 0 Å². The summed E-state index contributed by atoms with van der Waals surface area (Å²) in [6.45, 7) is 0. The van der Waals surface area contributed by atoms with E-state index in [0.717, 1.165) is 0 Å². The average Bonchev–Trinajstić information content (AvgIpc) is 1.38. The van der Waals surface area contributed by atoms with E-state index in [9.17, 15) is 0 Å². The van der Waals surface area contributed by atoms with Gasteiger partial charge in [-0.3, -0.25) is 10.9 Å². The van der Waals surface area contributed by atoms with Crippen molar-refractivity contribution in [2.45, 2.75) is 0 Å². The fraction of sp³-hybridized carbons (Fsp3) is 0. The monoisotopic (exact) mass is 128 g/mol. The van der Waals surface area contributed by atoms with Crippen LogP contribution in [-0.4, -0.2) is 5.29 Å². The summed E-state index contributed by atoms with van der Waals surface area (Å²) in [4.78, 5) is 0. The number of nitrogens with two attached hydrogens (primary N) is 1. The molecule has 0 aliphatic rings. The van der Waals surface area contributed by atoms with Gasteiger partial charge < -0.3 is 5.21 Å². The molecule has 0 aliphatic carbocycles. The summed E-state index contributed by atoms with van der Waals surface area (Å²) in [5, 5.41) is 9.99. The predicted octanol–water partition coefficient (Wildman–Crippen LogP) is -1.82. The van der Waals surface area contributed by atoms with E-state index in [4.69, 9.17) is 16.8 Å². The van der Waals surface area contributed by atoms with Crippen molar-refractivity contribution < 1.29 is 5.16 Å². The van der Waals surface area contributed by atoms with Crippen LogP contribution in [0.3, 0.4) is 0 Å². The lowest BCUT2D eigenvalue weighted by atomic mass is 11.4. The quantitative estimate of drug-likeness (QED) is 0.101. The predicted molar refractivity (Wildman–Crippen MR) is 30.5 cm³/mol. The second-order valence-corrected chi connectivity index (χ2v) is 0.857. The molecule has 0 aromatic rings. The van der Waals surface area contributed by atoms with Crippen molar-refractivity contribution in [2.24, 2.45) is 5.73 Å². The molecule has 0 saturated carbocycles. The molecule has 1 unspecified atom stereocenters. The Morgan fingerprint density at radius 2 is 2.00 bits per heavy atom. The van der Waals surface area contributed by atoms with Crippen LogP contribution >= 0.6 is 21.5 Å². The maximum Gasteiger partial charge on any atom is 0.341 e. The Morgan fingerprint density at radius 3 is 2.00 bits per heavy atom. The molecule has 3 N–H and O–H groups in total. The van der Waals surface area contributed by atoms with Gasteiger partial charge in [0.25, 0.3) is 0 Å². The zero-order valence-corrected chi connectivity index (χ0v) is 5.24. The minimum atomic E-state index is -0.329. The topological polar surface area (TPSA) is 63.0 Å². The maximum absolute atomic E-state index is 9.09. The van der Waals surface area contributed by atoms with Crippen LogP contribution in [0.15, 0.2) is 0 Å². The first kappa shape index (κ1) is 9.37. The molecule has 38 valence electrons. The van der Waals surface area contributed by atoms with Crippen molar-refractivity contribution in [3.8, 4) is 0 Å². The molecular weight excluding hydrogens is 122 g/mol. The molecule has 0 spiro atoms. The van der Waals surface area contributed by atoms with Gasteiger partial charge in [-0.25, -0.2) is 0 Å². The van der Waals surface area contributed by atoms with Gasteiger partial charge in [0.2, 0.25) is 0 Å². The summed E-state index contributed by atoms with van der Waals surface area (Å²) in [5.74, 6) is 0. The standard InChI is InChI=1S/CH3ClN2O.H3P/c2-1(3)4-5;/h4H,3H2;1H3. The first-order valence-electron chi connectivity index (χ1n) is 0.932. The number of rotatable bonds is 0. The number of hydrogen-bond acceptors (Lipinski definition) is 1. The van der Waals surface area contributed by atoms with Gasteiger partial charge in [-0.05, 0) is 0 Å². The van der Waals surface area contributed by atoms with E-state index >= 15 is 0 Å². The van der Waals surface area contributed by atoms with E-state index in [2.05, 4.69) is 5.73 Å². The Morgan fingerprint density at radius 1 is 1.83 bits per heavy atom. The molecule has 1 atom stereocenters. The second-order valence-electron chi connectivity index (χ2n) is 0.450. The highest BCUT2D eigenvalue weighted by atomic mass is 35.5. The van der Waals surface area contributed by atoms with E-state index in [1.54, 1.807) is 0 Å². The van der Waals surface area contributed by atoms with Gasteiger partial charge in [-0.15, -0.1) is 0 Å². The Kier molecular flexibility index (Phi) is 7.79. The first-order valence-corrected chi connectivity index (χ1v) is 1.31. The first-order chi connectivity index (χ1) is 2.27. The van der Waals surface area contributed by atoms with E-state index < -0.39 is 0 Å². The van der Waals surface area contributed by atoms with Crippen LogP contribution in [-0.2, 0) is 0 Å². The van der Waals surface area contributed by atoms with E-state index in [1.165, 1.54) is 5.16 Å². The molecule has 3 nitrogen and oxygen atoms in total. The van der Waals surface area contributed by atoms with Crippen LogP contribution < -0.4 is 10.9 Å². The molecule has 0 saturated heterocycles. The SMILES string of the molecule is NC(Cl)=[NH+][O-].P. The third-order valence-corrected chi connectivity index (χ3v) is 0.175. The highest BCUT2D eigenvalue weighted by molar-refractivity contribution is 6.92. The Labute approximate surface area is 43.8 Å². The van der Waals surface area contributed by atoms with Gasteiger partial charge in [0.1, 0.15) is 0 Å². The summed E-state index contributed by atoms with van der Waals surface area (Å²) in [6.07, 6.45) is 0. The second kappa shape index (κ2) is 4.99. The molecule has 0 radical (unpaired) electrons. The van der Waals surface area contributed by atoms with Crippen LogP contribution in [0.4, 0.5) is 0 Å². The third kappa shape index (κ3) is 9.01. The van der Waals surface area contributed by atoms with Crippen molar-refractivity contribution in [2.75, 3.05) is 0 Å². The smallest absolute Gasteiger partial charge is 0.341 e. The lowest BCUT2D eigenvalue weighted by molar-refractivity contribution is -0.371. The van der Waals surface area contributed by atoms with Gasteiger partial charge in [0, 0.05) is 11.6 Å². The summed E-state index contributed by atoms with van der Waals surface area (Å²) < 4.78 is 0. The van der Waals surface area contributed by atoms with Crippen LogP contribution in [0.25, 0.3) is 0 Å². The van der Waals surface area contributed by atoms with Gasteiger partial charge in [-0.2, -0.15) is 9.90 Å². The van der Waals surface area contributed by atoms with E-state index in [0.29, 0.717) is 0 Å². The number of amidine groups is 1. The zero-order valence-electron chi connectivity index (χ0n) is 3.07. The third-order valence-electron chi connectivity index (χ3n) is 0.0975. The molecule has 0 aromatic carbocycles. The lowest BCUT2D eigenvalue weighted by Gasteiger charge is -1.78. The van der Waals surface area contributed by atoms with Crippen molar-refractivity contribution in [1.29, 1.82) is 0 Å².